The van der Waals surface area contributed by atoms with E-state index in [-0.39, 0.29) is 5.82 Å². The molecule has 6 aromatic carbocycles. The average Bonchev–Trinajstić information content (AvgIpc) is 2.98. The van der Waals surface area contributed by atoms with E-state index in [0.29, 0.717) is 16.9 Å². The van der Waals surface area contributed by atoms with Gasteiger partial charge < -0.3 is 4.90 Å². The molecule has 0 atom stereocenters. The SMILES string of the molecule is CC(C)(C)N(c1ccccc1F)c1ccc(-c2ccccc2)c(-c2ccc(-c3ccc4ccccc4c3)cc2)c1F. The van der Waals surface area contributed by atoms with Crippen LogP contribution in [0.1, 0.15) is 20.8 Å². The first-order chi connectivity index (χ1) is 19.8. The molecule has 0 radical (unpaired) electrons. The lowest BCUT2D eigenvalue weighted by molar-refractivity contribution is 0.527. The summed E-state index contributed by atoms with van der Waals surface area (Å²) in [5.41, 5.74) is 5.19. The standard InChI is InChI=1S/C38H31F2N/c1-38(2,3)41(34-16-10-9-15-33(34)39)35-24-23-32(28-12-5-4-6-13-28)36(37(35)40)29-20-17-27(18-21-29)31-22-19-26-11-7-8-14-30(26)25-31/h4-25H,1-3H3. The summed E-state index contributed by atoms with van der Waals surface area (Å²) in [5.74, 6) is -0.779. The Morgan fingerprint density at radius 3 is 1.80 bits per heavy atom. The first kappa shape index (κ1) is 26.5. The van der Waals surface area contributed by atoms with E-state index in [9.17, 15) is 0 Å². The van der Waals surface area contributed by atoms with Gasteiger partial charge in [0.15, 0.2) is 5.82 Å². The third kappa shape index (κ3) is 5.12. The maximum atomic E-state index is 16.9. The normalized spacial score (nSPS) is 11.5. The van der Waals surface area contributed by atoms with Crippen LogP contribution >= 0.6 is 0 Å². The first-order valence-electron chi connectivity index (χ1n) is 13.8. The zero-order valence-corrected chi connectivity index (χ0v) is 23.4. The van der Waals surface area contributed by atoms with Crippen molar-refractivity contribution in [2.75, 3.05) is 4.90 Å². The Morgan fingerprint density at radius 1 is 0.488 bits per heavy atom. The number of rotatable bonds is 5. The van der Waals surface area contributed by atoms with Gasteiger partial charge in [-0.1, -0.05) is 109 Å². The topological polar surface area (TPSA) is 3.24 Å². The molecule has 0 fully saturated rings. The summed E-state index contributed by atoms with van der Waals surface area (Å²) in [4.78, 5) is 1.75. The Balaban J connectivity index is 1.52. The van der Waals surface area contributed by atoms with Crippen molar-refractivity contribution < 1.29 is 8.78 Å². The molecule has 0 aliphatic heterocycles. The van der Waals surface area contributed by atoms with Crippen molar-refractivity contribution in [2.24, 2.45) is 0 Å². The molecule has 0 amide bonds. The molecule has 3 heteroatoms. The van der Waals surface area contributed by atoms with E-state index in [2.05, 4.69) is 30.3 Å². The van der Waals surface area contributed by atoms with Crippen LogP contribution in [0.15, 0.2) is 133 Å². The van der Waals surface area contributed by atoms with E-state index < -0.39 is 11.4 Å². The van der Waals surface area contributed by atoms with E-state index in [4.69, 9.17) is 0 Å². The molecule has 0 aromatic heterocycles. The summed E-state index contributed by atoms with van der Waals surface area (Å²) in [7, 11) is 0. The second kappa shape index (κ2) is 10.7. The zero-order valence-electron chi connectivity index (χ0n) is 23.4. The molecule has 6 rings (SSSR count). The summed E-state index contributed by atoms with van der Waals surface area (Å²) in [6.45, 7) is 5.88. The van der Waals surface area contributed by atoms with E-state index in [1.807, 2.05) is 93.6 Å². The Hall–Kier alpha value is -4.76. The smallest absolute Gasteiger partial charge is 0.155 e. The van der Waals surface area contributed by atoms with Gasteiger partial charge in [-0.15, -0.1) is 0 Å². The van der Waals surface area contributed by atoms with Crippen LogP contribution in [-0.2, 0) is 0 Å². The quantitative estimate of drug-likeness (QED) is 0.211. The summed E-state index contributed by atoms with van der Waals surface area (Å²) in [6.07, 6.45) is 0. The molecule has 41 heavy (non-hydrogen) atoms. The van der Waals surface area contributed by atoms with Crippen LogP contribution in [0.2, 0.25) is 0 Å². The molecule has 0 aliphatic carbocycles. The molecule has 0 heterocycles. The number of para-hydroxylation sites is 1. The molecule has 0 N–H and O–H groups in total. The van der Waals surface area contributed by atoms with Gasteiger partial charge in [-0.2, -0.15) is 0 Å². The van der Waals surface area contributed by atoms with Crippen LogP contribution in [0, 0.1) is 11.6 Å². The molecule has 0 spiro atoms. The number of hydrogen-bond donors (Lipinski definition) is 0. The van der Waals surface area contributed by atoms with Gasteiger partial charge in [-0.25, -0.2) is 8.78 Å². The molecule has 0 aliphatic rings. The maximum absolute atomic E-state index is 16.9. The molecule has 6 aromatic rings. The van der Waals surface area contributed by atoms with Gasteiger partial charge in [0.1, 0.15) is 5.82 Å². The van der Waals surface area contributed by atoms with Crippen LogP contribution in [0.5, 0.6) is 0 Å². The number of nitrogens with zero attached hydrogens (tertiary/aromatic N) is 1. The van der Waals surface area contributed by atoms with Crippen molar-refractivity contribution >= 4 is 22.1 Å². The Bertz CT molecular complexity index is 1830. The third-order valence-electron chi connectivity index (χ3n) is 7.47. The maximum Gasteiger partial charge on any atom is 0.155 e. The van der Waals surface area contributed by atoms with Crippen LogP contribution in [0.3, 0.4) is 0 Å². The second-order valence-corrected chi connectivity index (χ2v) is 11.3. The fourth-order valence-electron chi connectivity index (χ4n) is 5.56. The molecular weight excluding hydrogens is 508 g/mol. The average molecular weight is 540 g/mol. The van der Waals surface area contributed by atoms with Crippen LogP contribution in [0.4, 0.5) is 20.2 Å². The van der Waals surface area contributed by atoms with Crippen molar-refractivity contribution in [3.63, 3.8) is 0 Å². The van der Waals surface area contributed by atoms with E-state index in [0.717, 1.165) is 27.8 Å². The Labute approximate surface area is 240 Å². The van der Waals surface area contributed by atoms with Crippen molar-refractivity contribution in [3.8, 4) is 33.4 Å². The van der Waals surface area contributed by atoms with Crippen LogP contribution in [-0.4, -0.2) is 5.54 Å². The summed E-state index contributed by atoms with van der Waals surface area (Å²) >= 11 is 0. The van der Waals surface area contributed by atoms with Crippen molar-refractivity contribution in [1.82, 2.24) is 0 Å². The Kier molecular flexibility index (Phi) is 6.88. The highest BCUT2D eigenvalue weighted by Crippen LogP contribution is 2.43. The van der Waals surface area contributed by atoms with Crippen LogP contribution in [0.25, 0.3) is 44.2 Å². The second-order valence-electron chi connectivity index (χ2n) is 11.3. The van der Waals surface area contributed by atoms with Gasteiger partial charge in [0.25, 0.3) is 0 Å². The predicted octanol–water partition coefficient (Wildman–Crippen LogP) is 11.1. The molecule has 1 nitrogen and oxygen atoms in total. The minimum atomic E-state index is -0.589. The lowest BCUT2D eigenvalue weighted by Crippen LogP contribution is -2.38. The monoisotopic (exact) mass is 539 g/mol. The first-order valence-corrected chi connectivity index (χ1v) is 13.8. The summed E-state index contributed by atoms with van der Waals surface area (Å²) in [5, 5.41) is 2.37. The predicted molar refractivity (Wildman–Crippen MR) is 169 cm³/mol. The minimum Gasteiger partial charge on any atom is -0.331 e. The third-order valence-corrected chi connectivity index (χ3v) is 7.47. The summed E-state index contributed by atoms with van der Waals surface area (Å²) in [6, 6.07) is 42.8. The molecule has 0 saturated heterocycles. The molecule has 0 bridgehead atoms. The van der Waals surface area contributed by atoms with Gasteiger partial charge in [0, 0.05) is 11.1 Å². The highest BCUT2D eigenvalue weighted by Gasteiger charge is 2.30. The lowest BCUT2D eigenvalue weighted by atomic mass is 9.91. The Morgan fingerprint density at radius 2 is 1.10 bits per heavy atom. The fraction of sp³-hybridized carbons (Fsp3) is 0.105. The highest BCUT2D eigenvalue weighted by molar-refractivity contribution is 5.90. The van der Waals surface area contributed by atoms with E-state index in [1.165, 1.54) is 16.8 Å². The van der Waals surface area contributed by atoms with Gasteiger partial charge >= 0.3 is 0 Å². The van der Waals surface area contributed by atoms with Gasteiger partial charge in [-0.05, 0) is 83.6 Å². The van der Waals surface area contributed by atoms with Crippen molar-refractivity contribution in [3.05, 3.63) is 145 Å². The lowest BCUT2D eigenvalue weighted by Gasteiger charge is -2.38. The molecular formula is C38H31F2N. The highest BCUT2D eigenvalue weighted by atomic mass is 19.1. The zero-order chi connectivity index (χ0) is 28.6. The molecule has 0 saturated carbocycles. The number of anilines is 2. The van der Waals surface area contributed by atoms with Gasteiger partial charge in [0.05, 0.1) is 11.4 Å². The van der Waals surface area contributed by atoms with Crippen molar-refractivity contribution in [1.29, 1.82) is 0 Å². The van der Waals surface area contributed by atoms with Gasteiger partial charge in [-0.3, -0.25) is 0 Å². The van der Waals surface area contributed by atoms with Crippen LogP contribution < -0.4 is 4.90 Å². The fourth-order valence-corrected chi connectivity index (χ4v) is 5.56. The molecule has 0 unspecified atom stereocenters. The number of fused-ring (bicyclic) bond motifs is 1. The largest absolute Gasteiger partial charge is 0.331 e. The number of benzene rings is 6. The summed E-state index contributed by atoms with van der Waals surface area (Å²) < 4.78 is 32.0. The van der Waals surface area contributed by atoms with Crippen molar-refractivity contribution in [2.45, 2.75) is 26.3 Å². The minimum absolute atomic E-state index is 0.330. The van der Waals surface area contributed by atoms with E-state index >= 15 is 8.78 Å². The number of halogens is 2. The van der Waals surface area contributed by atoms with E-state index in [1.54, 1.807) is 29.2 Å². The van der Waals surface area contributed by atoms with Gasteiger partial charge in [0.2, 0.25) is 0 Å². The number of hydrogen-bond acceptors (Lipinski definition) is 1. The molecule has 202 valence electrons.